The van der Waals surface area contributed by atoms with E-state index in [9.17, 15) is 5.11 Å². The summed E-state index contributed by atoms with van der Waals surface area (Å²) in [6, 6.07) is 7.93. The maximum Gasteiger partial charge on any atom is 0.133 e. The molecule has 2 N–H and O–H groups in total. The van der Waals surface area contributed by atoms with Gasteiger partial charge >= 0.3 is 0 Å². The lowest BCUT2D eigenvalue weighted by atomic mass is 9.77. The fourth-order valence-corrected chi connectivity index (χ4v) is 2.77. The van der Waals surface area contributed by atoms with Gasteiger partial charge in [-0.3, -0.25) is 0 Å². The van der Waals surface area contributed by atoms with E-state index in [-0.39, 0.29) is 18.1 Å². The first-order chi connectivity index (χ1) is 9.15. The molecule has 3 nitrogen and oxygen atoms in total. The van der Waals surface area contributed by atoms with Crippen molar-refractivity contribution in [2.45, 2.75) is 25.3 Å². The van der Waals surface area contributed by atoms with Crippen LogP contribution in [0.3, 0.4) is 0 Å². The van der Waals surface area contributed by atoms with Gasteiger partial charge in [-0.1, -0.05) is 19.9 Å². The summed E-state index contributed by atoms with van der Waals surface area (Å²) in [5.41, 5.74) is 1.65. The molecule has 1 aromatic carbocycles. The van der Waals surface area contributed by atoms with E-state index in [4.69, 9.17) is 16.0 Å². The quantitative estimate of drug-likeness (QED) is 0.801. The van der Waals surface area contributed by atoms with Crippen molar-refractivity contribution in [3.8, 4) is 0 Å². The average molecular weight is 282 g/mol. The molecule has 0 bridgehead atoms. The predicted octanol–water partition coefficient (Wildman–Crippen LogP) is 2.90. The van der Waals surface area contributed by atoms with Crippen molar-refractivity contribution in [1.82, 2.24) is 5.32 Å². The molecular weight excluding hydrogens is 262 g/mol. The molecule has 2 atom stereocenters. The number of aliphatic hydroxyl groups is 1. The molecule has 0 aliphatic carbocycles. The topological polar surface area (TPSA) is 45.4 Å². The second kappa shape index (κ2) is 5.95. The summed E-state index contributed by atoms with van der Waals surface area (Å²) in [6.07, 6.45) is 1.68. The number of hydrogen-bond acceptors (Lipinski definition) is 3. The molecule has 0 saturated heterocycles. The summed E-state index contributed by atoms with van der Waals surface area (Å²) in [6.45, 7) is 4.95. The average Bonchev–Trinajstić information content (AvgIpc) is 2.91. The van der Waals surface area contributed by atoms with Gasteiger partial charge in [0.25, 0.3) is 0 Å². The van der Waals surface area contributed by atoms with Crippen molar-refractivity contribution < 1.29 is 9.52 Å². The number of aliphatic hydroxyl groups excluding tert-OH is 1. The van der Waals surface area contributed by atoms with Crippen LogP contribution in [0.15, 0.2) is 34.9 Å². The van der Waals surface area contributed by atoms with Crippen molar-refractivity contribution in [2.24, 2.45) is 0 Å². The van der Waals surface area contributed by atoms with Crippen LogP contribution in [0.2, 0.25) is 0 Å². The number of likely N-dealkylation sites (N-methyl/N-ethyl adjacent to an activating group) is 1. The van der Waals surface area contributed by atoms with Gasteiger partial charge < -0.3 is 14.8 Å². The number of fused-ring (bicyclic) bond motifs is 1. The maximum absolute atomic E-state index is 9.62. The van der Waals surface area contributed by atoms with E-state index in [2.05, 4.69) is 18.3 Å². The Morgan fingerprint density at radius 1 is 1.42 bits per heavy atom. The van der Waals surface area contributed by atoms with Crippen LogP contribution in [0.25, 0.3) is 11.0 Å². The minimum atomic E-state index is -0.322. The van der Waals surface area contributed by atoms with Crippen molar-refractivity contribution in [2.75, 3.05) is 19.0 Å². The minimum Gasteiger partial charge on any atom is -0.464 e. The van der Waals surface area contributed by atoms with E-state index < -0.39 is 0 Å². The maximum atomic E-state index is 9.62. The number of rotatable bonds is 6. The molecule has 0 fully saturated rings. The van der Waals surface area contributed by atoms with Gasteiger partial charge in [-0.05, 0) is 30.3 Å². The summed E-state index contributed by atoms with van der Waals surface area (Å²) in [5.74, 6) is 0.439. The van der Waals surface area contributed by atoms with E-state index in [1.54, 1.807) is 6.26 Å². The molecular formula is C15H20ClNO2. The summed E-state index contributed by atoms with van der Waals surface area (Å²) in [7, 11) is 0. The van der Waals surface area contributed by atoms with Gasteiger partial charge in [-0.15, -0.1) is 11.6 Å². The molecule has 1 heterocycles. The van der Waals surface area contributed by atoms with E-state index in [1.165, 1.54) is 0 Å². The second-order valence-corrected chi connectivity index (χ2v) is 5.28. The molecule has 2 rings (SSSR count). The number of alkyl halides is 1. The lowest BCUT2D eigenvalue weighted by Crippen LogP contribution is -2.50. The molecule has 0 aliphatic rings. The number of nitrogens with one attached hydrogen (secondary N) is 1. The fraction of sp³-hybridized carbons (Fsp3) is 0.467. The minimum absolute atomic E-state index is 0.0560. The van der Waals surface area contributed by atoms with Crippen LogP contribution in [-0.2, 0) is 5.41 Å². The van der Waals surface area contributed by atoms with Crippen LogP contribution >= 0.6 is 11.6 Å². The Labute approximate surface area is 118 Å². The Kier molecular flexibility index (Phi) is 4.50. The van der Waals surface area contributed by atoms with Crippen LogP contribution in [0.5, 0.6) is 0 Å². The molecule has 1 aromatic heterocycles. The van der Waals surface area contributed by atoms with Crippen molar-refractivity contribution in [1.29, 1.82) is 0 Å². The molecule has 0 spiro atoms. The molecule has 104 valence electrons. The van der Waals surface area contributed by atoms with Gasteiger partial charge in [0.2, 0.25) is 0 Å². The standard InChI is InChI=1S/C15H20ClNO2/c1-3-17-14(9-18)15(2,10-16)12-4-5-13-11(8-12)6-7-19-13/h4-8,14,17-18H,3,9-10H2,1-2H3. The first-order valence-corrected chi connectivity index (χ1v) is 7.07. The highest BCUT2D eigenvalue weighted by Gasteiger charge is 2.34. The van der Waals surface area contributed by atoms with Gasteiger partial charge in [-0.2, -0.15) is 0 Å². The Hall–Kier alpha value is -1.03. The lowest BCUT2D eigenvalue weighted by Gasteiger charge is -2.36. The highest BCUT2D eigenvalue weighted by molar-refractivity contribution is 6.18. The van der Waals surface area contributed by atoms with Crippen LogP contribution in [0.4, 0.5) is 0 Å². The highest BCUT2D eigenvalue weighted by Crippen LogP contribution is 2.32. The van der Waals surface area contributed by atoms with Crippen molar-refractivity contribution in [3.05, 3.63) is 36.1 Å². The Balaban J connectivity index is 2.43. The summed E-state index contributed by atoms with van der Waals surface area (Å²) < 4.78 is 5.36. The third-order valence-electron chi connectivity index (χ3n) is 3.79. The zero-order valence-electron chi connectivity index (χ0n) is 11.3. The zero-order chi connectivity index (χ0) is 13.9. The van der Waals surface area contributed by atoms with Gasteiger partial charge in [0.15, 0.2) is 0 Å². The molecule has 0 amide bonds. The zero-order valence-corrected chi connectivity index (χ0v) is 12.1. The Bertz CT molecular complexity index is 540. The monoisotopic (exact) mass is 281 g/mol. The smallest absolute Gasteiger partial charge is 0.133 e. The van der Waals surface area contributed by atoms with Crippen molar-refractivity contribution >= 4 is 22.6 Å². The first kappa shape index (κ1) is 14.4. The fourth-order valence-electron chi connectivity index (χ4n) is 2.43. The van der Waals surface area contributed by atoms with E-state index in [1.807, 2.05) is 25.1 Å². The van der Waals surface area contributed by atoms with Gasteiger partial charge in [0.05, 0.1) is 12.9 Å². The van der Waals surface area contributed by atoms with Gasteiger partial charge in [0, 0.05) is 22.7 Å². The first-order valence-electron chi connectivity index (χ1n) is 6.53. The number of hydrogen-bond donors (Lipinski definition) is 2. The molecule has 0 aliphatic heterocycles. The number of halogens is 1. The highest BCUT2D eigenvalue weighted by atomic mass is 35.5. The Morgan fingerprint density at radius 3 is 2.84 bits per heavy atom. The molecule has 2 unspecified atom stereocenters. The normalized spacial score (nSPS) is 16.4. The predicted molar refractivity (Wildman–Crippen MR) is 78.8 cm³/mol. The third-order valence-corrected chi connectivity index (χ3v) is 4.35. The van der Waals surface area contributed by atoms with Gasteiger partial charge in [0.1, 0.15) is 5.58 Å². The molecule has 0 saturated carbocycles. The molecule has 2 aromatic rings. The summed E-state index contributed by atoms with van der Waals surface area (Å²) in [4.78, 5) is 0. The van der Waals surface area contributed by atoms with Crippen LogP contribution < -0.4 is 5.32 Å². The molecule has 4 heteroatoms. The van der Waals surface area contributed by atoms with E-state index >= 15 is 0 Å². The van der Waals surface area contributed by atoms with E-state index in [0.29, 0.717) is 5.88 Å². The van der Waals surface area contributed by atoms with Crippen molar-refractivity contribution in [3.63, 3.8) is 0 Å². The third kappa shape index (κ3) is 2.64. The van der Waals surface area contributed by atoms with Crippen LogP contribution in [-0.4, -0.2) is 30.2 Å². The number of benzene rings is 1. The summed E-state index contributed by atoms with van der Waals surface area (Å²) >= 11 is 6.20. The number of furan rings is 1. The largest absolute Gasteiger partial charge is 0.464 e. The van der Waals surface area contributed by atoms with Crippen LogP contribution in [0.1, 0.15) is 19.4 Å². The van der Waals surface area contributed by atoms with E-state index in [0.717, 1.165) is 23.1 Å². The summed E-state index contributed by atoms with van der Waals surface area (Å²) in [5, 5.41) is 14.0. The Morgan fingerprint density at radius 2 is 2.21 bits per heavy atom. The molecule has 19 heavy (non-hydrogen) atoms. The lowest BCUT2D eigenvalue weighted by molar-refractivity contribution is 0.194. The molecule has 0 radical (unpaired) electrons. The van der Waals surface area contributed by atoms with Gasteiger partial charge in [-0.25, -0.2) is 0 Å². The SMILES string of the molecule is CCNC(CO)C(C)(CCl)c1ccc2occc2c1. The van der Waals surface area contributed by atoms with Crippen LogP contribution in [0, 0.1) is 0 Å². The second-order valence-electron chi connectivity index (χ2n) is 5.02.